The smallest absolute Gasteiger partial charge is 0.123 e. The van der Waals surface area contributed by atoms with Crippen LogP contribution < -0.4 is 0 Å². The number of rotatable bonds is 1. The molecule has 124 valence electrons. The molecule has 2 heteroatoms. The number of allylic oxidation sites excluding steroid dienone is 7. The summed E-state index contributed by atoms with van der Waals surface area (Å²) >= 11 is 0. The molecule has 0 amide bonds. The lowest BCUT2D eigenvalue weighted by molar-refractivity contribution is 0.625. The summed E-state index contributed by atoms with van der Waals surface area (Å²) in [4.78, 5) is 0. The Bertz CT molecular complexity index is 942. The molecule has 2 aliphatic carbocycles. The molecule has 0 aliphatic heterocycles. The van der Waals surface area contributed by atoms with E-state index in [4.69, 9.17) is 0 Å². The fraction of sp³-hybridized carbons (Fsp3) is 0.130. The molecule has 4 rings (SSSR count). The van der Waals surface area contributed by atoms with Crippen LogP contribution in [-0.4, -0.2) is 0 Å². The van der Waals surface area contributed by atoms with Crippen molar-refractivity contribution in [1.29, 1.82) is 0 Å². The largest absolute Gasteiger partial charge is 0.207 e. The second kappa shape index (κ2) is 6.64. The molecule has 0 N–H and O–H groups in total. The third-order valence-electron chi connectivity index (χ3n) is 4.76. The lowest BCUT2D eigenvalue weighted by atomic mass is 9.91. The van der Waals surface area contributed by atoms with Gasteiger partial charge >= 0.3 is 0 Å². The second-order valence-electron chi connectivity index (χ2n) is 6.42. The maximum absolute atomic E-state index is 13.8. The first-order valence-electron chi connectivity index (χ1n) is 8.52. The van der Waals surface area contributed by atoms with Gasteiger partial charge in [-0.2, -0.15) is 0 Å². The normalized spacial score (nSPS) is 17.9. The fourth-order valence-corrected chi connectivity index (χ4v) is 3.57. The van der Waals surface area contributed by atoms with E-state index in [1.807, 2.05) is 24.3 Å². The summed E-state index contributed by atoms with van der Waals surface area (Å²) in [5.74, 6) is -0.467. The van der Waals surface area contributed by atoms with Gasteiger partial charge in [-0.15, -0.1) is 0 Å². The van der Waals surface area contributed by atoms with E-state index in [-0.39, 0.29) is 11.6 Å². The van der Waals surface area contributed by atoms with Crippen molar-refractivity contribution < 1.29 is 8.78 Å². The molecule has 0 aromatic heterocycles. The van der Waals surface area contributed by atoms with Crippen LogP contribution in [-0.2, 0) is 6.42 Å². The Morgan fingerprint density at radius 1 is 0.880 bits per heavy atom. The van der Waals surface area contributed by atoms with Crippen LogP contribution in [0.25, 0.3) is 11.6 Å². The Hall–Kier alpha value is -2.74. The summed E-state index contributed by atoms with van der Waals surface area (Å²) in [5.41, 5.74) is 6.39. The van der Waals surface area contributed by atoms with Crippen LogP contribution in [0.2, 0.25) is 0 Å². The molecule has 2 aliphatic rings. The van der Waals surface area contributed by atoms with Crippen LogP contribution >= 0.6 is 0 Å². The first-order valence-corrected chi connectivity index (χ1v) is 8.52. The van der Waals surface area contributed by atoms with Crippen molar-refractivity contribution in [3.05, 3.63) is 106 Å². The van der Waals surface area contributed by atoms with Crippen LogP contribution in [0.15, 0.2) is 77.9 Å². The van der Waals surface area contributed by atoms with Crippen LogP contribution in [0.3, 0.4) is 0 Å². The third-order valence-corrected chi connectivity index (χ3v) is 4.76. The standard InChI is InChI=1S/C23H18F2/c24-19-7-4-5-16(13-19)14-23-21-8-3-1-2-6-17(21)9-10-18-15-20(25)11-12-22(18)23/h1-5,7-8,11-15H,6,9-10H2/b23-14+. The molecule has 0 saturated carbocycles. The van der Waals surface area contributed by atoms with Gasteiger partial charge in [0.15, 0.2) is 0 Å². The second-order valence-corrected chi connectivity index (χ2v) is 6.42. The fourth-order valence-electron chi connectivity index (χ4n) is 3.57. The Labute approximate surface area is 146 Å². The lowest BCUT2D eigenvalue weighted by Crippen LogP contribution is -1.94. The first kappa shape index (κ1) is 15.8. The van der Waals surface area contributed by atoms with Gasteiger partial charge in [-0.25, -0.2) is 8.78 Å². The maximum atomic E-state index is 13.8. The Morgan fingerprint density at radius 3 is 2.64 bits per heavy atom. The SMILES string of the molecule is Fc1cccc(/C=C2\C3=C(CC=CC=C3)CCc3cc(F)ccc32)c1. The summed E-state index contributed by atoms with van der Waals surface area (Å²) in [6, 6.07) is 11.5. The number of hydrogen-bond donors (Lipinski definition) is 0. The van der Waals surface area contributed by atoms with E-state index < -0.39 is 0 Å². The van der Waals surface area contributed by atoms with Crippen molar-refractivity contribution in [2.45, 2.75) is 19.3 Å². The van der Waals surface area contributed by atoms with Gasteiger partial charge in [0.1, 0.15) is 11.6 Å². The van der Waals surface area contributed by atoms with Gasteiger partial charge in [-0.3, -0.25) is 0 Å². The van der Waals surface area contributed by atoms with Crippen molar-refractivity contribution in [3.8, 4) is 0 Å². The minimum atomic E-state index is -0.255. The van der Waals surface area contributed by atoms with E-state index in [0.717, 1.165) is 41.5 Å². The van der Waals surface area contributed by atoms with Gasteiger partial charge in [-0.05, 0) is 77.4 Å². The average Bonchev–Trinajstić information content (AvgIpc) is 2.90. The molecule has 0 fully saturated rings. The highest BCUT2D eigenvalue weighted by Gasteiger charge is 2.20. The number of hydrogen-bond acceptors (Lipinski definition) is 0. The topological polar surface area (TPSA) is 0 Å². The van der Waals surface area contributed by atoms with Gasteiger partial charge in [0, 0.05) is 0 Å². The van der Waals surface area contributed by atoms with Gasteiger partial charge in [0.25, 0.3) is 0 Å². The Balaban J connectivity index is 1.94. The van der Waals surface area contributed by atoms with E-state index >= 15 is 0 Å². The maximum Gasteiger partial charge on any atom is 0.123 e. The quantitative estimate of drug-likeness (QED) is 0.578. The highest BCUT2D eigenvalue weighted by Crippen LogP contribution is 2.38. The Morgan fingerprint density at radius 2 is 1.76 bits per heavy atom. The van der Waals surface area contributed by atoms with Gasteiger partial charge in [0.05, 0.1) is 0 Å². The average molecular weight is 332 g/mol. The van der Waals surface area contributed by atoms with Gasteiger partial charge < -0.3 is 0 Å². The Kier molecular flexibility index (Phi) is 4.19. The molecule has 0 spiro atoms. The summed E-state index contributed by atoms with van der Waals surface area (Å²) < 4.78 is 27.4. The van der Waals surface area contributed by atoms with E-state index in [9.17, 15) is 8.78 Å². The summed E-state index contributed by atoms with van der Waals surface area (Å²) in [7, 11) is 0. The molecule has 2 aromatic rings. The first-order chi connectivity index (χ1) is 12.2. The van der Waals surface area contributed by atoms with Crippen molar-refractivity contribution in [1.82, 2.24) is 0 Å². The molecule has 0 heterocycles. The summed E-state index contributed by atoms with van der Waals surface area (Å²) in [6.07, 6.45) is 13.0. The lowest BCUT2D eigenvalue weighted by Gasteiger charge is -2.13. The highest BCUT2D eigenvalue weighted by atomic mass is 19.1. The predicted molar refractivity (Wildman–Crippen MR) is 98.9 cm³/mol. The molecule has 0 saturated heterocycles. The molecule has 0 unspecified atom stereocenters. The molecule has 0 radical (unpaired) electrons. The van der Waals surface area contributed by atoms with Gasteiger partial charge in [0.2, 0.25) is 0 Å². The van der Waals surface area contributed by atoms with Crippen LogP contribution in [0.5, 0.6) is 0 Å². The monoisotopic (exact) mass is 332 g/mol. The van der Waals surface area contributed by atoms with Crippen LogP contribution in [0.1, 0.15) is 29.5 Å². The van der Waals surface area contributed by atoms with E-state index in [0.29, 0.717) is 0 Å². The van der Waals surface area contributed by atoms with Gasteiger partial charge in [-0.1, -0.05) is 48.1 Å². The molecular formula is C23H18F2. The zero-order valence-electron chi connectivity index (χ0n) is 13.8. The molecular weight excluding hydrogens is 314 g/mol. The molecule has 25 heavy (non-hydrogen) atoms. The van der Waals surface area contributed by atoms with E-state index in [1.54, 1.807) is 12.1 Å². The highest BCUT2D eigenvalue weighted by molar-refractivity contribution is 5.95. The minimum absolute atomic E-state index is 0.212. The minimum Gasteiger partial charge on any atom is -0.207 e. The van der Waals surface area contributed by atoms with Crippen LogP contribution in [0, 0.1) is 11.6 Å². The number of benzene rings is 2. The molecule has 2 aromatic carbocycles. The van der Waals surface area contributed by atoms with Crippen LogP contribution in [0.4, 0.5) is 8.78 Å². The molecule has 0 atom stereocenters. The van der Waals surface area contributed by atoms with E-state index in [2.05, 4.69) is 18.2 Å². The zero-order chi connectivity index (χ0) is 17.2. The summed E-state index contributed by atoms with van der Waals surface area (Å²) in [6.45, 7) is 0. The molecule has 0 nitrogen and oxygen atoms in total. The zero-order valence-corrected chi connectivity index (χ0v) is 13.8. The van der Waals surface area contributed by atoms with Crippen molar-refractivity contribution in [3.63, 3.8) is 0 Å². The summed E-state index contributed by atoms with van der Waals surface area (Å²) in [5, 5.41) is 0. The van der Waals surface area contributed by atoms with E-state index in [1.165, 1.54) is 29.3 Å². The molecule has 0 bridgehead atoms. The van der Waals surface area contributed by atoms with Crippen molar-refractivity contribution >= 4 is 11.6 Å². The number of aryl methyl sites for hydroxylation is 1. The predicted octanol–water partition coefficient (Wildman–Crippen LogP) is 6.26. The van der Waals surface area contributed by atoms with Crippen molar-refractivity contribution in [2.75, 3.05) is 0 Å². The third kappa shape index (κ3) is 3.25. The number of fused-ring (bicyclic) bond motifs is 1. The number of halogens is 2. The van der Waals surface area contributed by atoms with Crippen molar-refractivity contribution in [2.24, 2.45) is 0 Å².